The first-order chi connectivity index (χ1) is 6.20. The van der Waals surface area contributed by atoms with Crippen LogP contribution in [-0.4, -0.2) is 0 Å². The average molecular weight is 200 g/mol. The van der Waals surface area contributed by atoms with Crippen molar-refractivity contribution < 1.29 is 4.39 Å². The third-order valence-corrected chi connectivity index (χ3v) is 2.87. The highest BCUT2D eigenvalue weighted by Crippen LogP contribution is 2.41. The van der Waals surface area contributed by atoms with Gasteiger partial charge in [-0.3, -0.25) is 0 Å². The van der Waals surface area contributed by atoms with Crippen molar-refractivity contribution in [3.63, 3.8) is 0 Å². The number of benzene rings is 1. The van der Waals surface area contributed by atoms with Crippen molar-refractivity contribution in [2.45, 2.75) is 18.9 Å². The highest BCUT2D eigenvalue weighted by molar-refractivity contribution is 6.31. The molecule has 0 radical (unpaired) electrons. The summed E-state index contributed by atoms with van der Waals surface area (Å²) in [6, 6.07) is 4.71. The molecule has 0 amide bonds. The van der Waals surface area contributed by atoms with E-state index in [0.717, 1.165) is 18.4 Å². The summed E-state index contributed by atoms with van der Waals surface area (Å²) in [5, 5.41) is 0.182. The summed E-state index contributed by atoms with van der Waals surface area (Å²) in [6.07, 6.45) is 2.27. The molecule has 1 saturated carbocycles. The first-order valence-electron chi connectivity index (χ1n) is 4.39. The number of hydrogen-bond acceptors (Lipinski definition) is 1. The van der Waals surface area contributed by atoms with Gasteiger partial charge in [-0.05, 0) is 30.4 Å². The number of halogens is 2. The van der Waals surface area contributed by atoms with Crippen LogP contribution in [0.5, 0.6) is 0 Å². The van der Waals surface area contributed by atoms with Crippen molar-refractivity contribution >= 4 is 11.6 Å². The predicted octanol–water partition coefficient (Wildman–Crippen LogP) is 2.89. The summed E-state index contributed by atoms with van der Waals surface area (Å²) in [6.45, 7) is 0. The van der Waals surface area contributed by atoms with Gasteiger partial charge in [-0.25, -0.2) is 4.39 Å². The monoisotopic (exact) mass is 199 g/mol. The van der Waals surface area contributed by atoms with E-state index in [2.05, 4.69) is 0 Å². The van der Waals surface area contributed by atoms with Gasteiger partial charge < -0.3 is 5.73 Å². The molecule has 1 fully saturated rings. The van der Waals surface area contributed by atoms with E-state index in [9.17, 15) is 4.39 Å². The molecule has 0 spiro atoms. The van der Waals surface area contributed by atoms with Crippen molar-refractivity contribution in [2.75, 3.05) is 0 Å². The second-order valence-electron chi connectivity index (χ2n) is 3.51. The molecule has 3 heteroatoms. The van der Waals surface area contributed by atoms with Crippen LogP contribution in [-0.2, 0) is 0 Å². The van der Waals surface area contributed by atoms with Crippen LogP contribution in [0.15, 0.2) is 18.2 Å². The maximum Gasteiger partial charge on any atom is 0.142 e. The molecule has 0 aromatic heterocycles. The molecule has 2 N–H and O–H groups in total. The lowest BCUT2D eigenvalue weighted by Crippen LogP contribution is -2.13. The first kappa shape index (κ1) is 8.97. The molecule has 0 heterocycles. The summed E-state index contributed by atoms with van der Waals surface area (Å²) < 4.78 is 13.0. The molecular formula is C10H11ClFN. The van der Waals surface area contributed by atoms with Crippen LogP contribution in [0.4, 0.5) is 4.39 Å². The van der Waals surface area contributed by atoms with Gasteiger partial charge in [0.1, 0.15) is 5.82 Å². The fraction of sp³-hybridized carbons (Fsp3) is 0.400. The predicted molar refractivity (Wildman–Crippen MR) is 51.1 cm³/mol. The molecule has 1 aromatic rings. The first-order valence-corrected chi connectivity index (χ1v) is 4.77. The normalized spacial score (nSPS) is 18.7. The van der Waals surface area contributed by atoms with Gasteiger partial charge in [0, 0.05) is 6.04 Å². The Morgan fingerprint density at radius 3 is 2.77 bits per heavy atom. The lowest BCUT2D eigenvalue weighted by atomic mass is 10.0. The molecule has 1 aliphatic rings. The Balaban J connectivity index is 2.32. The van der Waals surface area contributed by atoms with E-state index in [1.54, 1.807) is 12.1 Å². The SMILES string of the molecule is N[C@H](c1cccc(F)c1Cl)C1CC1. The van der Waals surface area contributed by atoms with Crippen molar-refractivity contribution in [1.82, 2.24) is 0 Å². The fourth-order valence-electron chi connectivity index (χ4n) is 1.49. The Morgan fingerprint density at radius 2 is 2.15 bits per heavy atom. The van der Waals surface area contributed by atoms with Crippen LogP contribution in [0, 0.1) is 11.7 Å². The third kappa shape index (κ3) is 1.69. The van der Waals surface area contributed by atoms with E-state index < -0.39 is 0 Å². The largest absolute Gasteiger partial charge is 0.324 e. The molecule has 1 atom stereocenters. The van der Waals surface area contributed by atoms with Gasteiger partial charge >= 0.3 is 0 Å². The Kier molecular flexibility index (Phi) is 2.26. The average Bonchev–Trinajstić information content (AvgIpc) is 2.91. The van der Waals surface area contributed by atoms with Crippen LogP contribution < -0.4 is 5.73 Å². The second-order valence-corrected chi connectivity index (χ2v) is 3.88. The van der Waals surface area contributed by atoms with Crippen molar-refractivity contribution in [3.8, 4) is 0 Å². The van der Waals surface area contributed by atoms with Gasteiger partial charge in [0.25, 0.3) is 0 Å². The molecular weight excluding hydrogens is 189 g/mol. The van der Waals surface area contributed by atoms with Crippen LogP contribution in [0.2, 0.25) is 5.02 Å². The van der Waals surface area contributed by atoms with Gasteiger partial charge in [-0.1, -0.05) is 23.7 Å². The molecule has 1 nitrogen and oxygen atoms in total. The maximum absolute atomic E-state index is 13.0. The molecule has 13 heavy (non-hydrogen) atoms. The van der Waals surface area contributed by atoms with E-state index in [4.69, 9.17) is 17.3 Å². The van der Waals surface area contributed by atoms with Crippen molar-refractivity contribution in [3.05, 3.63) is 34.6 Å². The molecule has 0 unspecified atom stereocenters. The summed E-state index contributed by atoms with van der Waals surface area (Å²) in [4.78, 5) is 0. The lowest BCUT2D eigenvalue weighted by Gasteiger charge is -2.12. The van der Waals surface area contributed by atoms with Gasteiger partial charge in [-0.15, -0.1) is 0 Å². The van der Waals surface area contributed by atoms with E-state index in [-0.39, 0.29) is 16.9 Å². The molecule has 70 valence electrons. The second kappa shape index (κ2) is 3.28. The van der Waals surface area contributed by atoms with Crippen molar-refractivity contribution in [2.24, 2.45) is 11.7 Å². The number of hydrogen-bond donors (Lipinski definition) is 1. The zero-order valence-electron chi connectivity index (χ0n) is 7.13. The molecule has 0 bridgehead atoms. The zero-order valence-corrected chi connectivity index (χ0v) is 7.89. The van der Waals surface area contributed by atoms with Gasteiger partial charge in [-0.2, -0.15) is 0 Å². The molecule has 0 saturated heterocycles. The van der Waals surface area contributed by atoms with Gasteiger partial charge in [0.2, 0.25) is 0 Å². The van der Waals surface area contributed by atoms with Crippen LogP contribution in [0.25, 0.3) is 0 Å². The number of nitrogens with two attached hydrogens (primary N) is 1. The van der Waals surface area contributed by atoms with E-state index in [1.807, 2.05) is 0 Å². The topological polar surface area (TPSA) is 26.0 Å². The summed E-state index contributed by atoms with van der Waals surface area (Å²) in [5.74, 6) is 0.120. The fourth-order valence-corrected chi connectivity index (χ4v) is 1.74. The van der Waals surface area contributed by atoms with Crippen LogP contribution in [0.1, 0.15) is 24.4 Å². The van der Waals surface area contributed by atoms with E-state index in [1.165, 1.54) is 6.07 Å². The van der Waals surface area contributed by atoms with Crippen LogP contribution in [0.3, 0.4) is 0 Å². The minimum atomic E-state index is -0.379. The Bertz CT molecular complexity index is 323. The summed E-state index contributed by atoms with van der Waals surface area (Å²) >= 11 is 5.80. The lowest BCUT2D eigenvalue weighted by molar-refractivity contribution is 0.602. The number of rotatable bonds is 2. The molecule has 2 rings (SSSR count). The molecule has 1 aliphatic carbocycles. The standard InChI is InChI=1S/C10H11ClFN/c11-9-7(2-1-3-8(9)12)10(13)6-4-5-6/h1-3,6,10H,4-5,13H2/t10-/m0/s1. The van der Waals surface area contributed by atoms with Gasteiger partial charge in [0.15, 0.2) is 0 Å². The van der Waals surface area contributed by atoms with Crippen LogP contribution >= 0.6 is 11.6 Å². The summed E-state index contributed by atoms with van der Waals surface area (Å²) in [7, 11) is 0. The smallest absolute Gasteiger partial charge is 0.142 e. The third-order valence-electron chi connectivity index (χ3n) is 2.47. The Morgan fingerprint density at radius 1 is 1.46 bits per heavy atom. The van der Waals surface area contributed by atoms with Gasteiger partial charge in [0.05, 0.1) is 5.02 Å². The minimum Gasteiger partial charge on any atom is -0.324 e. The Hall–Kier alpha value is -0.600. The molecule has 1 aromatic carbocycles. The van der Waals surface area contributed by atoms with E-state index >= 15 is 0 Å². The zero-order chi connectivity index (χ0) is 9.42. The minimum absolute atomic E-state index is 0.0943. The van der Waals surface area contributed by atoms with E-state index in [0.29, 0.717) is 5.92 Å². The molecule has 0 aliphatic heterocycles. The van der Waals surface area contributed by atoms with Crippen molar-refractivity contribution in [1.29, 1.82) is 0 Å². The highest BCUT2D eigenvalue weighted by Gasteiger charge is 2.31. The Labute approximate surface area is 81.7 Å². The summed E-state index contributed by atoms with van der Waals surface area (Å²) in [5.41, 5.74) is 6.66. The maximum atomic E-state index is 13.0. The highest BCUT2D eigenvalue weighted by atomic mass is 35.5. The quantitative estimate of drug-likeness (QED) is 0.779.